The molecule has 1 aromatic carbocycles. The van der Waals surface area contributed by atoms with Gasteiger partial charge in [0.15, 0.2) is 0 Å². The van der Waals surface area contributed by atoms with Crippen LogP contribution < -0.4 is 5.32 Å². The summed E-state index contributed by atoms with van der Waals surface area (Å²) in [6.45, 7) is 1.59. The van der Waals surface area contributed by atoms with E-state index in [1.165, 1.54) is 0 Å². The number of benzene rings is 1. The lowest BCUT2D eigenvalue weighted by molar-refractivity contribution is -0.141. The number of hydrogen-bond donors (Lipinski definition) is 1. The number of carbonyl (C=O) groups is 2. The number of likely N-dealkylation sites (tertiary alicyclic amines) is 1. The number of para-hydroxylation sites is 1. The Balaban J connectivity index is 1.73. The van der Waals surface area contributed by atoms with E-state index in [4.69, 9.17) is 0 Å². The van der Waals surface area contributed by atoms with Gasteiger partial charge < -0.3 is 10.2 Å². The minimum absolute atomic E-state index is 0.0135. The summed E-state index contributed by atoms with van der Waals surface area (Å²) in [5.74, 6) is -0.152. The molecule has 1 aliphatic carbocycles. The highest BCUT2D eigenvalue weighted by Crippen LogP contribution is 2.48. The van der Waals surface area contributed by atoms with Gasteiger partial charge in [-0.3, -0.25) is 9.59 Å². The van der Waals surface area contributed by atoms with E-state index in [0.29, 0.717) is 12.8 Å². The minimum Gasteiger partial charge on any atom is -0.342 e. The Kier molecular flexibility index (Phi) is 3.54. The van der Waals surface area contributed by atoms with E-state index in [1.54, 1.807) is 0 Å². The van der Waals surface area contributed by atoms with Gasteiger partial charge in [0.1, 0.15) is 5.41 Å². The molecule has 1 saturated heterocycles. The van der Waals surface area contributed by atoms with Gasteiger partial charge in [-0.15, -0.1) is 0 Å². The Morgan fingerprint density at radius 2 is 1.80 bits per heavy atom. The molecule has 2 fully saturated rings. The van der Waals surface area contributed by atoms with Crippen molar-refractivity contribution in [3.63, 3.8) is 0 Å². The molecule has 0 aromatic heterocycles. The summed E-state index contributed by atoms with van der Waals surface area (Å²) in [4.78, 5) is 26.8. The summed E-state index contributed by atoms with van der Waals surface area (Å²) in [7, 11) is 0. The van der Waals surface area contributed by atoms with Crippen LogP contribution in [0.4, 0.5) is 5.69 Å². The maximum Gasteiger partial charge on any atom is 0.240 e. The van der Waals surface area contributed by atoms with Crippen LogP contribution in [0.3, 0.4) is 0 Å². The van der Waals surface area contributed by atoms with Gasteiger partial charge in [-0.1, -0.05) is 12.1 Å². The summed E-state index contributed by atoms with van der Waals surface area (Å²) in [5.41, 5.74) is -0.0856. The number of nitrogens with zero attached hydrogens (tertiary/aromatic N) is 1. The number of anilines is 1. The molecular formula is C15H17BrN2O2. The lowest BCUT2D eigenvalue weighted by atomic mass is 10.0. The Hall–Kier alpha value is -1.36. The van der Waals surface area contributed by atoms with E-state index in [1.807, 2.05) is 29.2 Å². The topological polar surface area (TPSA) is 49.4 Å². The zero-order chi connectivity index (χ0) is 14.2. The van der Waals surface area contributed by atoms with Gasteiger partial charge >= 0.3 is 0 Å². The van der Waals surface area contributed by atoms with Crippen LogP contribution in [-0.4, -0.2) is 29.8 Å². The van der Waals surface area contributed by atoms with Gasteiger partial charge in [-0.05, 0) is 53.7 Å². The zero-order valence-corrected chi connectivity index (χ0v) is 12.8. The van der Waals surface area contributed by atoms with E-state index < -0.39 is 5.41 Å². The molecule has 5 heteroatoms. The van der Waals surface area contributed by atoms with Crippen LogP contribution in [0.2, 0.25) is 0 Å². The highest BCUT2D eigenvalue weighted by atomic mass is 79.9. The number of halogens is 1. The first-order valence-electron chi connectivity index (χ1n) is 6.99. The lowest BCUT2D eigenvalue weighted by Gasteiger charge is -2.22. The molecule has 0 radical (unpaired) electrons. The van der Waals surface area contributed by atoms with Gasteiger partial charge in [0.2, 0.25) is 11.8 Å². The Morgan fingerprint density at radius 1 is 1.15 bits per heavy atom. The van der Waals surface area contributed by atoms with Gasteiger partial charge in [-0.2, -0.15) is 0 Å². The minimum atomic E-state index is -0.806. The van der Waals surface area contributed by atoms with Crippen LogP contribution in [0.25, 0.3) is 0 Å². The average molecular weight is 337 g/mol. The molecule has 2 amide bonds. The summed E-state index contributed by atoms with van der Waals surface area (Å²) < 4.78 is 0.831. The van der Waals surface area contributed by atoms with Crippen molar-refractivity contribution in [3.05, 3.63) is 28.7 Å². The molecule has 0 spiro atoms. The van der Waals surface area contributed by atoms with Crippen molar-refractivity contribution < 1.29 is 9.59 Å². The second-order valence-electron chi connectivity index (χ2n) is 5.52. The fraction of sp³-hybridized carbons (Fsp3) is 0.467. The second-order valence-corrected chi connectivity index (χ2v) is 6.37. The molecule has 0 bridgehead atoms. The molecule has 1 aliphatic heterocycles. The quantitative estimate of drug-likeness (QED) is 0.863. The predicted molar refractivity (Wildman–Crippen MR) is 80.3 cm³/mol. The monoisotopic (exact) mass is 336 g/mol. The van der Waals surface area contributed by atoms with Crippen LogP contribution in [-0.2, 0) is 9.59 Å². The molecule has 3 rings (SSSR count). The molecular weight excluding hydrogens is 320 g/mol. The van der Waals surface area contributed by atoms with Crippen molar-refractivity contribution in [3.8, 4) is 0 Å². The Morgan fingerprint density at radius 3 is 2.40 bits per heavy atom. The SMILES string of the molecule is O=C(Nc1ccccc1Br)C1(C(=O)N2CCCC2)CC1. The maximum atomic E-state index is 12.5. The standard InChI is InChI=1S/C15H17BrN2O2/c16-11-5-1-2-6-12(11)17-13(19)15(7-8-15)14(20)18-9-3-4-10-18/h1-2,5-6H,3-4,7-10H2,(H,17,19). The van der Waals surface area contributed by atoms with Crippen molar-refractivity contribution in [1.29, 1.82) is 0 Å². The van der Waals surface area contributed by atoms with Crippen LogP contribution in [0.1, 0.15) is 25.7 Å². The third-order valence-electron chi connectivity index (χ3n) is 4.11. The van der Waals surface area contributed by atoms with Crippen LogP contribution in [0.15, 0.2) is 28.7 Å². The number of amides is 2. The van der Waals surface area contributed by atoms with Gasteiger partial charge in [0, 0.05) is 17.6 Å². The smallest absolute Gasteiger partial charge is 0.240 e. The summed E-state index contributed by atoms with van der Waals surface area (Å²) >= 11 is 3.41. The summed E-state index contributed by atoms with van der Waals surface area (Å²) in [6, 6.07) is 7.46. The van der Waals surface area contributed by atoms with Gasteiger partial charge in [-0.25, -0.2) is 0 Å². The van der Waals surface area contributed by atoms with Crippen LogP contribution in [0.5, 0.6) is 0 Å². The molecule has 1 saturated carbocycles. The molecule has 4 nitrogen and oxygen atoms in total. The third kappa shape index (κ3) is 2.35. The Bertz CT molecular complexity index is 549. The van der Waals surface area contributed by atoms with Crippen LogP contribution in [0, 0.1) is 5.41 Å². The normalized spacial score (nSPS) is 19.8. The third-order valence-corrected chi connectivity index (χ3v) is 4.80. The molecule has 1 heterocycles. The molecule has 0 unspecified atom stereocenters. The van der Waals surface area contributed by atoms with Crippen molar-refractivity contribution in [2.24, 2.45) is 5.41 Å². The number of carbonyl (C=O) groups excluding carboxylic acids is 2. The summed E-state index contributed by atoms with van der Waals surface area (Å²) in [6.07, 6.45) is 3.43. The van der Waals surface area contributed by atoms with Crippen molar-refractivity contribution >= 4 is 33.4 Å². The first-order chi connectivity index (χ1) is 9.63. The maximum absolute atomic E-state index is 12.5. The molecule has 0 atom stereocenters. The van der Waals surface area contributed by atoms with Crippen molar-refractivity contribution in [1.82, 2.24) is 4.90 Å². The highest BCUT2D eigenvalue weighted by molar-refractivity contribution is 9.10. The van der Waals surface area contributed by atoms with E-state index >= 15 is 0 Å². The lowest BCUT2D eigenvalue weighted by Crippen LogP contribution is -2.41. The average Bonchev–Trinajstić information content (AvgIpc) is 3.08. The van der Waals surface area contributed by atoms with Crippen molar-refractivity contribution in [2.45, 2.75) is 25.7 Å². The van der Waals surface area contributed by atoms with Crippen molar-refractivity contribution in [2.75, 3.05) is 18.4 Å². The molecule has 20 heavy (non-hydrogen) atoms. The second kappa shape index (κ2) is 5.20. The zero-order valence-electron chi connectivity index (χ0n) is 11.2. The van der Waals surface area contributed by atoms with Gasteiger partial charge in [0.05, 0.1) is 5.69 Å². The molecule has 106 valence electrons. The number of hydrogen-bond acceptors (Lipinski definition) is 2. The largest absolute Gasteiger partial charge is 0.342 e. The van der Waals surface area contributed by atoms with Gasteiger partial charge in [0.25, 0.3) is 0 Å². The van der Waals surface area contributed by atoms with Crippen LogP contribution >= 0.6 is 15.9 Å². The molecule has 1 N–H and O–H groups in total. The van der Waals surface area contributed by atoms with E-state index in [2.05, 4.69) is 21.2 Å². The highest BCUT2D eigenvalue weighted by Gasteiger charge is 2.58. The number of rotatable bonds is 3. The summed E-state index contributed by atoms with van der Waals surface area (Å²) in [5, 5.41) is 2.88. The fourth-order valence-electron chi connectivity index (χ4n) is 2.69. The fourth-order valence-corrected chi connectivity index (χ4v) is 3.07. The Labute approximate surface area is 126 Å². The van der Waals surface area contributed by atoms with E-state index in [0.717, 1.165) is 36.1 Å². The molecule has 2 aliphatic rings. The predicted octanol–water partition coefficient (Wildman–Crippen LogP) is 2.79. The number of nitrogens with one attached hydrogen (secondary N) is 1. The van der Waals surface area contributed by atoms with E-state index in [-0.39, 0.29) is 11.8 Å². The molecule has 1 aromatic rings. The first-order valence-corrected chi connectivity index (χ1v) is 7.78. The first kappa shape index (κ1) is 13.6. The van der Waals surface area contributed by atoms with E-state index in [9.17, 15) is 9.59 Å².